The van der Waals surface area contributed by atoms with Crippen molar-refractivity contribution in [2.24, 2.45) is 0 Å². The maximum atomic E-state index is 13.1. The van der Waals surface area contributed by atoms with Crippen LogP contribution in [0.3, 0.4) is 0 Å². The van der Waals surface area contributed by atoms with Crippen LogP contribution in [-0.4, -0.2) is 38.9 Å². The zero-order valence-electron chi connectivity index (χ0n) is 11.4. The van der Waals surface area contributed by atoms with Crippen LogP contribution in [0.5, 0.6) is 0 Å². The van der Waals surface area contributed by atoms with Crippen LogP contribution in [0.4, 0.5) is 13.2 Å². The molecule has 0 aliphatic carbocycles. The Hall–Kier alpha value is -0.350. The van der Waals surface area contributed by atoms with Crippen molar-refractivity contribution < 1.29 is 21.6 Å². The first-order chi connectivity index (χ1) is 9.73. The topological polar surface area (TPSA) is 49.4 Å². The van der Waals surface area contributed by atoms with Gasteiger partial charge in [-0.25, -0.2) is 8.42 Å². The van der Waals surface area contributed by atoms with Gasteiger partial charge in [0.1, 0.15) is 0 Å². The number of rotatable bonds is 2. The molecule has 0 unspecified atom stereocenters. The average molecular weight is 424 g/mol. The molecule has 1 fully saturated rings. The zero-order chi connectivity index (χ0) is 15.7. The zero-order valence-corrected chi connectivity index (χ0v) is 14.6. The third-order valence-electron chi connectivity index (χ3n) is 3.16. The van der Waals surface area contributed by atoms with E-state index in [-0.39, 0.29) is 30.0 Å². The highest BCUT2D eigenvalue weighted by Gasteiger charge is 2.39. The molecule has 22 heavy (non-hydrogen) atoms. The van der Waals surface area contributed by atoms with Crippen LogP contribution in [0.15, 0.2) is 27.6 Å². The second-order valence-corrected chi connectivity index (χ2v) is 7.47. The minimum absolute atomic E-state index is 0. The maximum absolute atomic E-state index is 13.1. The van der Waals surface area contributed by atoms with Crippen molar-refractivity contribution >= 4 is 38.4 Å². The first-order valence-electron chi connectivity index (χ1n) is 6.30. The summed E-state index contributed by atoms with van der Waals surface area (Å²) in [5.74, 6) is 0. The summed E-state index contributed by atoms with van der Waals surface area (Å²) in [7, 11) is -4.16. The van der Waals surface area contributed by atoms with Crippen molar-refractivity contribution in [2.45, 2.75) is 17.5 Å². The lowest BCUT2D eigenvalue weighted by Gasteiger charge is -2.22. The maximum Gasteiger partial charge on any atom is 0.417 e. The highest BCUT2D eigenvalue weighted by Crippen LogP contribution is 2.37. The number of benzene rings is 1. The van der Waals surface area contributed by atoms with Gasteiger partial charge in [0.2, 0.25) is 10.0 Å². The van der Waals surface area contributed by atoms with Gasteiger partial charge in [-0.2, -0.15) is 17.5 Å². The van der Waals surface area contributed by atoms with Crippen LogP contribution in [-0.2, 0) is 16.2 Å². The molecule has 1 aliphatic heterocycles. The smallest absolute Gasteiger partial charge is 0.315 e. The van der Waals surface area contributed by atoms with Crippen LogP contribution in [0.25, 0.3) is 0 Å². The van der Waals surface area contributed by atoms with Gasteiger partial charge in [-0.1, -0.05) is 15.9 Å². The van der Waals surface area contributed by atoms with Crippen LogP contribution in [0.1, 0.15) is 12.0 Å². The van der Waals surface area contributed by atoms with Gasteiger partial charge in [-0.15, -0.1) is 12.4 Å². The van der Waals surface area contributed by atoms with E-state index in [0.717, 1.165) is 16.4 Å². The summed E-state index contributed by atoms with van der Waals surface area (Å²) in [5, 5.41) is 3.02. The monoisotopic (exact) mass is 422 g/mol. The Morgan fingerprint density at radius 2 is 1.86 bits per heavy atom. The molecule has 0 atom stereocenters. The molecule has 1 aromatic carbocycles. The van der Waals surface area contributed by atoms with Gasteiger partial charge in [-0.05, 0) is 31.2 Å². The van der Waals surface area contributed by atoms with Crippen LogP contribution >= 0.6 is 28.3 Å². The molecule has 1 N–H and O–H groups in total. The Balaban J connectivity index is 0.00000242. The van der Waals surface area contributed by atoms with Crippen LogP contribution < -0.4 is 5.32 Å². The van der Waals surface area contributed by atoms with Crippen LogP contribution in [0, 0.1) is 0 Å². The van der Waals surface area contributed by atoms with Crippen LogP contribution in [0.2, 0.25) is 0 Å². The Morgan fingerprint density at radius 3 is 2.50 bits per heavy atom. The first kappa shape index (κ1) is 19.7. The molecule has 1 aliphatic rings. The van der Waals surface area contributed by atoms with E-state index in [2.05, 4.69) is 21.2 Å². The van der Waals surface area contributed by atoms with Crippen molar-refractivity contribution in [3.8, 4) is 0 Å². The Labute approximate surface area is 141 Å². The molecule has 0 radical (unpaired) electrons. The summed E-state index contributed by atoms with van der Waals surface area (Å²) >= 11 is 2.95. The van der Waals surface area contributed by atoms with Crippen molar-refractivity contribution in [1.29, 1.82) is 0 Å². The van der Waals surface area contributed by atoms with Gasteiger partial charge in [0, 0.05) is 24.1 Å². The van der Waals surface area contributed by atoms with Crippen molar-refractivity contribution in [2.75, 3.05) is 26.2 Å². The highest BCUT2D eigenvalue weighted by atomic mass is 79.9. The molecule has 2 rings (SSSR count). The van der Waals surface area contributed by atoms with Crippen molar-refractivity contribution in [3.05, 3.63) is 28.2 Å². The summed E-state index contributed by atoms with van der Waals surface area (Å²) in [6, 6.07) is 3.10. The van der Waals surface area contributed by atoms with E-state index >= 15 is 0 Å². The summed E-state index contributed by atoms with van der Waals surface area (Å²) in [5.41, 5.74) is -1.14. The minimum atomic E-state index is -4.73. The molecule has 10 heteroatoms. The fourth-order valence-corrected chi connectivity index (χ4v) is 4.18. The predicted octanol–water partition coefficient (Wildman–Crippen LogP) is 2.87. The Kier molecular flexibility index (Phi) is 6.70. The predicted molar refractivity (Wildman–Crippen MR) is 82.6 cm³/mol. The fraction of sp³-hybridized carbons (Fsp3) is 0.500. The quantitative estimate of drug-likeness (QED) is 0.796. The molecule has 1 saturated heterocycles. The number of nitrogens with zero attached hydrogens (tertiary/aromatic N) is 1. The van der Waals surface area contributed by atoms with E-state index in [1.54, 1.807) is 0 Å². The second kappa shape index (κ2) is 7.48. The van der Waals surface area contributed by atoms with E-state index in [1.165, 1.54) is 6.07 Å². The second-order valence-electron chi connectivity index (χ2n) is 4.65. The Bertz CT molecular complexity index is 617. The van der Waals surface area contributed by atoms with Crippen molar-refractivity contribution in [1.82, 2.24) is 9.62 Å². The van der Waals surface area contributed by atoms with E-state index in [0.29, 0.717) is 19.5 Å². The molecule has 0 saturated carbocycles. The number of nitrogens with one attached hydrogen (secondary N) is 1. The normalized spacial score (nSPS) is 17.6. The van der Waals surface area contributed by atoms with Gasteiger partial charge < -0.3 is 5.32 Å². The van der Waals surface area contributed by atoms with Gasteiger partial charge in [0.15, 0.2) is 0 Å². The van der Waals surface area contributed by atoms with Gasteiger partial charge >= 0.3 is 6.18 Å². The molecule has 0 aromatic heterocycles. The lowest BCUT2D eigenvalue weighted by Crippen LogP contribution is -2.35. The molecule has 126 valence electrons. The van der Waals surface area contributed by atoms with E-state index in [1.807, 2.05) is 0 Å². The third kappa shape index (κ3) is 4.35. The van der Waals surface area contributed by atoms with Gasteiger partial charge in [-0.3, -0.25) is 0 Å². The van der Waals surface area contributed by atoms with E-state index in [4.69, 9.17) is 0 Å². The highest BCUT2D eigenvalue weighted by molar-refractivity contribution is 9.10. The molecular formula is C12H15BrClF3N2O2S. The summed E-state index contributed by atoms with van der Waals surface area (Å²) in [6.07, 6.45) is -4.16. The Morgan fingerprint density at radius 1 is 1.18 bits per heavy atom. The summed E-state index contributed by atoms with van der Waals surface area (Å²) < 4.78 is 65.6. The third-order valence-corrected chi connectivity index (χ3v) is 5.61. The lowest BCUT2D eigenvalue weighted by molar-refractivity contribution is -0.140. The average Bonchev–Trinajstić information content (AvgIpc) is 2.66. The molecule has 0 spiro atoms. The number of alkyl halides is 3. The molecule has 0 amide bonds. The largest absolute Gasteiger partial charge is 0.417 e. The van der Waals surface area contributed by atoms with E-state index < -0.39 is 26.7 Å². The summed E-state index contributed by atoms with van der Waals surface area (Å²) in [6.45, 7) is 1.45. The van der Waals surface area contributed by atoms with E-state index in [9.17, 15) is 21.6 Å². The van der Waals surface area contributed by atoms with Gasteiger partial charge in [0.25, 0.3) is 0 Å². The number of sulfonamides is 1. The number of hydrogen-bond donors (Lipinski definition) is 1. The first-order valence-corrected chi connectivity index (χ1v) is 8.54. The number of halogens is 5. The molecule has 1 aromatic rings. The fourth-order valence-electron chi connectivity index (χ4n) is 2.15. The minimum Gasteiger partial charge on any atom is -0.315 e. The standard InChI is InChI=1S/C12H14BrF3N2O2S.ClH/c13-9-2-3-11(10(8-9)12(14,15)16)21(19,20)18-6-1-4-17-5-7-18;/h2-3,8,17H,1,4-7H2;1H. The molecule has 1 heterocycles. The number of hydrogen-bond acceptors (Lipinski definition) is 3. The van der Waals surface area contributed by atoms with Gasteiger partial charge in [0.05, 0.1) is 10.5 Å². The summed E-state index contributed by atoms with van der Waals surface area (Å²) in [4.78, 5) is -0.694. The lowest BCUT2D eigenvalue weighted by atomic mass is 10.2. The molecular weight excluding hydrogens is 409 g/mol. The molecule has 4 nitrogen and oxygen atoms in total. The molecule has 0 bridgehead atoms. The van der Waals surface area contributed by atoms with Crippen molar-refractivity contribution in [3.63, 3.8) is 0 Å². The SMILES string of the molecule is Cl.O=S(=O)(c1ccc(Br)cc1C(F)(F)F)N1CCCNCC1.